The van der Waals surface area contributed by atoms with Crippen LogP contribution in [0.5, 0.6) is 0 Å². The Kier molecular flexibility index (Phi) is 6.54. The number of hydrogen-bond donors (Lipinski definition) is 1. The van der Waals surface area contributed by atoms with Gasteiger partial charge in [0.2, 0.25) is 5.91 Å². The van der Waals surface area contributed by atoms with Gasteiger partial charge < -0.3 is 5.32 Å². The number of carbonyl (C=O) groups excluding carboxylic acids is 1. The Morgan fingerprint density at radius 3 is 2.48 bits per heavy atom. The highest BCUT2D eigenvalue weighted by Crippen LogP contribution is 2.28. The van der Waals surface area contributed by atoms with Crippen molar-refractivity contribution in [2.75, 3.05) is 11.1 Å². The van der Waals surface area contributed by atoms with E-state index in [9.17, 15) is 4.79 Å². The number of aromatic nitrogens is 4. The first kappa shape index (κ1) is 20.6. The van der Waals surface area contributed by atoms with Gasteiger partial charge in [0.15, 0.2) is 11.0 Å². The maximum Gasteiger partial charge on any atom is 0.234 e. The molecule has 2 aromatic heterocycles. The molecule has 2 aromatic carbocycles. The molecule has 0 bridgehead atoms. The van der Waals surface area contributed by atoms with Crippen molar-refractivity contribution >= 4 is 23.4 Å². The van der Waals surface area contributed by atoms with E-state index < -0.39 is 0 Å². The minimum absolute atomic E-state index is 0.105. The van der Waals surface area contributed by atoms with Gasteiger partial charge in [0, 0.05) is 35.8 Å². The van der Waals surface area contributed by atoms with Crippen LogP contribution in [-0.4, -0.2) is 31.4 Å². The number of carbonyl (C=O) groups is 1. The van der Waals surface area contributed by atoms with E-state index in [1.165, 1.54) is 11.8 Å². The fraction of sp³-hybridized carbons (Fsp3) is 0.0833. The molecule has 0 saturated carbocycles. The third-order valence-corrected chi connectivity index (χ3v) is 5.55. The van der Waals surface area contributed by atoms with Crippen LogP contribution in [0.15, 0.2) is 96.9 Å². The summed E-state index contributed by atoms with van der Waals surface area (Å²) in [6.07, 6.45) is 5.22. The minimum atomic E-state index is -0.105. The molecule has 4 aromatic rings. The number of amides is 1. The van der Waals surface area contributed by atoms with Crippen LogP contribution in [-0.2, 0) is 11.3 Å². The number of anilines is 1. The zero-order valence-corrected chi connectivity index (χ0v) is 17.6. The summed E-state index contributed by atoms with van der Waals surface area (Å²) in [4.78, 5) is 16.7. The maximum absolute atomic E-state index is 12.7. The molecule has 0 fully saturated rings. The van der Waals surface area contributed by atoms with E-state index >= 15 is 0 Å². The van der Waals surface area contributed by atoms with Crippen LogP contribution in [0.3, 0.4) is 0 Å². The second kappa shape index (κ2) is 9.86. The molecule has 0 unspecified atom stereocenters. The van der Waals surface area contributed by atoms with Gasteiger partial charge in [-0.1, -0.05) is 66.4 Å². The Hall–Kier alpha value is -3.71. The normalized spacial score (nSPS) is 10.6. The topological polar surface area (TPSA) is 72.7 Å². The van der Waals surface area contributed by atoms with Crippen molar-refractivity contribution in [1.29, 1.82) is 0 Å². The molecule has 0 spiro atoms. The van der Waals surface area contributed by atoms with Gasteiger partial charge in [0.05, 0.1) is 5.75 Å². The van der Waals surface area contributed by atoms with Crippen LogP contribution < -0.4 is 5.32 Å². The van der Waals surface area contributed by atoms with Gasteiger partial charge in [-0.15, -0.1) is 16.8 Å². The standard InChI is InChI=1S/C24H21N5OS/c1-2-16-29-23(19-12-14-25-15-13-19)27-28-24(29)31-17-22(30)26-21-11-7-6-10-20(21)18-8-4-3-5-9-18/h2-15H,1,16-17H2,(H,26,30). The average Bonchev–Trinajstić information content (AvgIpc) is 3.22. The largest absolute Gasteiger partial charge is 0.325 e. The molecule has 4 rings (SSSR count). The van der Waals surface area contributed by atoms with Gasteiger partial charge in [-0.05, 0) is 23.8 Å². The molecule has 154 valence electrons. The van der Waals surface area contributed by atoms with Gasteiger partial charge >= 0.3 is 0 Å². The Morgan fingerprint density at radius 2 is 1.71 bits per heavy atom. The molecule has 0 atom stereocenters. The number of nitrogens with one attached hydrogen (secondary N) is 1. The fourth-order valence-corrected chi connectivity index (χ4v) is 3.93. The number of rotatable bonds is 8. The summed E-state index contributed by atoms with van der Waals surface area (Å²) in [5.74, 6) is 0.834. The van der Waals surface area contributed by atoms with Crippen LogP contribution in [0, 0.1) is 0 Å². The van der Waals surface area contributed by atoms with E-state index in [-0.39, 0.29) is 11.7 Å². The van der Waals surface area contributed by atoms with E-state index in [1.807, 2.05) is 71.3 Å². The molecular formula is C24H21N5OS. The molecule has 0 radical (unpaired) electrons. The van der Waals surface area contributed by atoms with E-state index in [2.05, 4.69) is 27.1 Å². The number of pyridine rings is 1. The lowest BCUT2D eigenvalue weighted by atomic mass is 10.0. The Balaban J connectivity index is 1.48. The Labute approximate surface area is 185 Å². The highest BCUT2D eigenvalue weighted by molar-refractivity contribution is 7.99. The molecule has 0 saturated heterocycles. The van der Waals surface area contributed by atoms with Gasteiger partial charge in [0.25, 0.3) is 0 Å². The summed E-state index contributed by atoms with van der Waals surface area (Å²) >= 11 is 1.35. The lowest BCUT2D eigenvalue weighted by Crippen LogP contribution is -2.15. The van der Waals surface area contributed by atoms with E-state index in [0.717, 1.165) is 28.2 Å². The summed E-state index contributed by atoms with van der Waals surface area (Å²) in [5.41, 5.74) is 3.73. The van der Waals surface area contributed by atoms with Crippen molar-refractivity contribution in [2.24, 2.45) is 0 Å². The first-order valence-corrected chi connectivity index (χ1v) is 10.8. The molecule has 0 aliphatic heterocycles. The lowest BCUT2D eigenvalue weighted by molar-refractivity contribution is -0.113. The third kappa shape index (κ3) is 4.90. The maximum atomic E-state index is 12.7. The molecule has 0 aliphatic carbocycles. The average molecular weight is 428 g/mol. The van der Waals surface area contributed by atoms with Crippen LogP contribution in [0.25, 0.3) is 22.5 Å². The highest BCUT2D eigenvalue weighted by atomic mass is 32.2. The molecule has 1 amide bonds. The van der Waals surface area contributed by atoms with Crippen molar-refractivity contribution < 1.29 is 4.79 Å². The van der Waals surface area contributed by atoms with Gasteiger partial charge in [-0.25, -0.2) is 0 Å². The summed E-state index contributed by atoms with van der Waals surface area (Å²) in [5, 5.41) is 12.3. The number of nitrogens with zero attached hydrogens (tertiary/aromatic N) is 4. The van der Waals surface area contributed by atoms with Crippen LogP contribution >= 0.6 is 11.8 Å². The predicted octanol–water partition coefficient (Wildman–Crippen LogP) is 4.92. The second-order valence-electron chi connectivity index (χ2n) is 6.69. The van der Waals surface area contributed by atoms with Crippen molar-refractivity contribution in [3.63, 3.8) is 0 Å². The fourth-order valence-electron chi connectivity index (χ4n) is 3.18. The van der Waals surface area contributed by atoms with E-state index in [0.29, 0.717) is 11.7 Å². The quantitative estimate of drug-likeness (QED) is 0.319. The van der Waals surface area contributed by atoms with Crippen molar-refractivity contribution in [3.05, 3.63) is 91.8 Å². The van der Waals surface area contributed by atoms with Crippen molar-refractivity contribution in [3.8, 4) is 22.5 Å². The highest BCUT2D eigenvalue weighted by Gasteiger charge is 2.15. The van der Waals surface area contributed by atoms with Gasteiger partial charge in [0.1, 0.15) is 0 Å². The summed E-state index contributed by atoms with van der Waals surface area (Å²) in [6.45, 7) is 4.37. The molecule has 1 N–H and O–H groups in total. The molecule has 31 heavy (non-hydrogen) atoms. The van der Waals surface area contributed by atoms with Crippen LogP contribution in [0.2, 0.25) is 0 Å². The number of hydrogen-bond acceptors (Lipinski definition) is 5. The molecular weight excluding hydrogens is 406 g/mol. The second-order valence-corrected chi connectivity index (χ2v) is 7.63. The lowest BCUT2D eigenvalue weighted by Gasteiger charge is -2.11. The first-order valence-electron chi connectivity index (χ1n) is 9.78. The van der Waals surface area contributed by atoms with E-state index in [4.69, 9.17) is 0 Å². The van der Waals surface area contributed by atoms with Crippen molar-refractivity contribution in [2.45, 2.75) is 11.7 Å². The van der Waals surface area contributed by atoms with Gasteiger partial charge in [-0.3, -0.25) is 14.3 Å². The minimum Gasteiger partial charge on any atom is -0.325 e. The zero-order valence-electron chi connectivity index (χ0n) is 16.8. The monoisotopic (exact) mass is 427 g/mol. The summed E-state index contributed by atoms with van der Waals surface area (Å²) < 4.78 is 1.94. The molecule has 6 nitrogen and oxygen atoms in total. The van der Waals surface area contributed by atoms with Crippen LogP contribution in [0.4, 0.5) is 5.69 Å². The van der Waals surface area contributed by atoms with Crippen molar-refractivity contribution in [1.82, 2.24) is 19.7 Å². The Bertz CT molecular complexity index is 1180. The molecule has 0 aliphatic rings. The summed E-state index contributed by atoms with van der Waals surface area (Å²) in [7, 11) is 0. The number of para-hydroxylation sites is 1. The van der Waals surface area contributed by atoms with Crippen LogP contribution in [0.1, 0.15) is 0 Å². The number of benzene rings is 2. The third-order valence-electron chi connectivity index (χ3n) is 4.59. The number of thioether (sulfide) groups is 1. The zero-order chi connectivity index (χ0) is 21.5. The molecule has 7 heteroatoms. The number of allylic oxidation sites excluding steroid dienone is 1. The first-order chi connectivity index (χ1) is 15.3. The Morgan fingerprint density at radius 1 is 0.968 bits per heavy atom. The van der Waals surface area contributed by atoms with E-state index in [1.54, 1.807) is 18.5 Å². The SMILES string of the molecule is C=CCn1c(SCC(=O)Nc2ccccc2-c2ccccc2)nnc1-c1ccncc1. The predicted molar refractivity (Wildman–Crippen MR) is 125 cm³/mol. The smallest absolute Gasteiger partial charge is 0.234 e. The summed E-state index contributed by atoms with van der Waals surface area (Å²) in [6, 6.07) is 21.5. The van der Waals surface area contributed by atoms with Gasteiger partial charge in [-0.2, -0.15) is 0 Å². The molecule has 2 heterocycles.